The molecule has 0 unspecified atom stereocenters. The van der Waals surface area contributed by atoms with Gasteiger partial charge in [0.25, 0.3) is 0 Å². The summed E-state index contributed by atoms with van der Waals surface area (Å²) in [4.78, 5) is 28.5. The summed E-state index contributed by atoms with van der Waals surface area (Å²) < 4.78 is 19.0. The normalized spacial score (nSPS) is 15.7. The van der Waals surface area contributed by atoms with E-state index in [2.05, 4.69) is 5.32 Å². The first-order valence-corrected chi connectivity index (χ1v) is 9.66. The Kier molecular flexibility index (Phi) is 6.71. The van der Waals surface area contributed by atoms with E-state index in [-0.39, 0.29) is 17.7 Å². The van der Waals surface area contributed by atoms with Gasteiger partial charge in [-0.2, -0.15) is 0 Å². The second kappa shape index (κ2) is 9.24. The molecule has 0 saturated carbocycles. The Labute approximate surface area is 174 Å². The number of carbonyl (C=O) groups is 2. The maximum atomic E-state index is 14.0. The van der Waals surface area contributed by atoms with Crippen molar-refractivity contribution in [1.82, 2.24) is 9.80 Å². The van der Waals surface area contributed by atoms with Gasteiger partial charge in [0, 0.05) is 31.2 Å². The molecule has 6 nitrogen and oxygen atoms in total. The summed E-state index contributed by atoms with van der Waals surface area (Å²) >= 11 is 6.08. The SMILES string of the molecule is COC(=O)[C@H](c1cccc(Cl)c1)N1CCN(C(=O)Nc2ccc(C)cc2F)CC1. The maximum Gasteiger partial charge on any atom is 0.327 e. The first-order valence-electron chi connectivity index (χ1n) is 9.28. The molecule has 1 saturated heterocycles. The van der Waals surface area contributed by atoms with Crippen LogP contribution in [-0.4, -0.2) is 55.1 Å². The molecule has 0 aromatic heterocycles. The number of nitrogens with one attached hydrogen (secondary N) is 1. The van der Waals surface area contributed by atoms with Crippen LogP contribution in [0.2, 0.25) is 5.02 Å². The smallest absolute Gasteiger partial charge is 0.327 e. The average molecular weight is 420 g/mol. The molecule has 1 atom stereocenters. The monoisotopic (exact) mass is 419 g/mol. The van der Waals surface area contributed by atoms with Gasteiger partial charge in [-0.3, -0.25) is 4.90 Å². The molecule has 0 aliphatic carbocycles. The molecule has 1 aliphatic heterocycles. The van der Waals surface area contributed by atoms with Gasteiger partial charge in [-0.05, 0) is 42.3 Å². The van der Waals surface area contributed by atoms with Crippen LogP contribution < -0.4 is 5.32 Å². The molecular weight excluding hydrogens is 397 g/mol. The van der Waals surface area contributed by atoms with Gasteiger partial charge in [-0.1, -0.05) is 29.8 Å². The Balaban J connectivity index is 1.66. The van der Waals surface area contributed by atoms with Crippen LogP contribution in [0.1, 0.15) is 17.2 Å². The van der Waals surface area contributed by atoms with Crippen LogP contribution in [-0.2, 0) is 9.53 Å². The van der Waals surface area contributed by atoms with E-state index in [0.717, 1.165) is 11.1 Å². The third-order valence-corrected chi connectivity index (χ3v) is 5.16. The standard InChI is InChI=1S/C21H23ClFN3O3/c1-14-6-7-18(17(23)12-14)24-21(28)26-10-8-25(9-11-26)19(20(27)29-2)15-4-3-5-16(22)13-15/h3-7,12-13,19H,8-11H2,1-2H3,(H,24,28)/t19-/m0/s1. The minimum atomic E-state index is -0.599. The van der Waals surface area contributed by atoms with Crippen LogP contribution in [0.4, 0.5) is 14.9 Å². The number of esters is 1. The summed E-state index contributed by atoms with van der Waals surface area (Å²) in [5, 5.41) is 3.15. The number of amides is 2. The van der Waals surface area contributed by atoms with Crippen LogP contribution in [0.3, 0.4) is 0 Å². The molecule has 8 heteroatoms. The fraction of sp³-hybridized carbons (Fsp3) is 0.333. The van der Waals surface area contributed by atoms with E-state index in [4.69, 9.17) is 16.3 Å². The lowest BCUT2D eigenvalue weighted by atomic mass is 10.0. The maximum absolute atomic E-state index is 14.0. The van der Waals surface area contributed by atoms with E-state index >= 15 is 0 Å². The van der Waals surface area contributed by atoms with Crippen LogP contribution >= 0.6 is 11.6 Å². The van der Waals surface area contributed by atoms with Crippen molar-refractivity contribution < 1.29 is 18.7 Å². The molecule has 2 amide bonds. The minimum absolute atomic E-state index is 0.148. The van der Waals surface area contributed by atoms with E-state index in [1.807, 2.05) is 11.0 Å². The van der Waals surface area contributed by atoms with Gasteiger partial charge in [0.05, 0.1) is 12.8 Å². The lowest BCUT2D eigenvalue weighted by Crippen LogP contribution is -2.52. The van der Waals surface area contributed by atoms with E-state index < -0.39 is 11.9 Å². The second-order valence-electron chi connectivity index (χ2n) is 6.92. The zero-order valence-corrected chi connectivity index (χ0v) is 17.1. The molecule has 0 radical (unpaired) electrons. The van der Waals surface area contributed by atoms with Gasteiger partial charge in [0.15, 0.2) is 0 Å². The van der Waals surface area contributed by atoms with Crippen molar-refractivity contribution in [3.05, 3.63) is 64.4 Å². The van der Waals surface area contributed by atoms with Crippen LogP contribution in [0.5, 0.6) is 0 Å². The topological polar surface area (TPSA) is 61.9 Å². The van der Waals surface area contributed by atoms with Crippen molar-refractivity contribution in [3.63, 3.8) is 0 Å². The zero-order valence-electron chi connectivity index (χ0n) is 16.3. The van der Waals surface area contributed by atoms with Crippen molar-refractivity contribution in [2.75, 3.05) is 38.6 Å². The number of aryl methyl sites for hydroxylation is 1. The average Bonchev–Trinajstić information content (AvgIpc) is 2.70. The molecule has 0 bridgehead atoms. The van der Waals surface area contributed by atoms with Crippen molar-refractivity contribution in [2.45, 2.75) is 13.0 Å². The number of rotatable bonds is 4. The fourth-order valence-electron chi connectivity index (χ4n) is 3.38. The van der Waals surface area contributed by atoms with Crippen molar-refractivity contribution in [1.29, 1.82) is 0 Å². The Morgan fingerprint density at radius 1 is 1.14 bits per heavy atom. The van der Waals surface area contributed by atoms with Gasteiger partial charge in [-0.25, -0.2) is 14.0 Å². The van der Waals surface area contributed by atoms with Crippen LogP contribution in [0.15, 0.2) is 42.5 Å². The van der Waals surface area contributed by atoms with E-state index in [9.17, 15) is 14.0 Å². The number of hydrogen-bond acceptors (Lipinski definition) is 4. The van der Waals surface area contributed by atoms with E-state index in [1.165, 1.54) is 13.2 Å². The van der Waals surface area contributed by atoms with Gasteiger partial charge >= 0.3 is 12.0 Å². The molecule has 0 spiro atoms. The third kappa shape index (κ3) is 5.05. The summed E-state index contributed by atoms with van der Waals surface area (Å²) in [5.74, 6) is -0.851. The first-order chi connectivity index (χ1) is 13.9. The molecule has 154 valence electrons. The minimum Gasteiger partial charge on any atom is -0.468 e. The quantitative estimate of drug-likeness (QED) is 0.764. The molecule has 1 heterocycles. The van der Waals surface area contributed by atoms with Gasteiger partial charge in [-0.15, -0.1) is 0 Å². The third-order valence-electron chi connectivity index (χ3n) is 4.92. The van der Waals surface area contributed by atoms with Crippen LogP contribution in [0, 0.1) is 12.7 Å². The van der Waals surface area contributed by atoms with E-state index in [0.29, 0.717) is 31.2 Å². The van der Waals surface area contributed by atoms with E-state index in [1.54, 1.807) is 42.2 Å². The first kappa shape index (κ1) is 21.1. The molecule has 29 heavy (non-hydrogen) atoms. The number of hydrogen-bond donors (Lipinski definition) is 1. The van der Waals surface area contributed by atoms with Crippen molar-refractivity contribution in [3.8, 4) is 0 Å². The number of nitrogens with zero attached hydrogens (tertiary/aromatic N) is 2. The van der Waals surface area contributed by atoms with Gasteiger partial charge < -0.3 is 15.0 Å². The number of anilines is 1. The number of halogens is 2. The summed E-state index contributed by atoms with van der Waals surface area (Å²) in [6.07, 6.45) is 0. The van der Waals surface area contributed by atoms with Crippen LogP contribution in [0.25, 0.3) is 0 Å². The van der Waals surface area contributed by atoms with Gasteiger partial charge in [0.2, 0.25) is 0 Å². The number of ether oxygens (including phenoxy) is 1. The molecule has 3 rings (SSSR count). The molecule has 2 aromatic rings. The second-order valence-corrected chi connectivity index (χ2v) is 7.35. The highest BCUT2D eigenvalue weighted by molar-refractivity contribution is 6.30. The molecular formula is C21H23ClFN3O3. The molecule has 1 aliphatic rings. The lowest BCUT2D eigenvalue weighted by molar-refractivity contribution is -0.148. The van der Waals surface area contributed by atoms with Crippen molar-refractivity contribution >= 4 is 29.3 Å². The summed E-state index contributed by atoms with van der Waals surface area (Å²) in [7, 11) is 1.35. The lowest BCUT2D eigenvalue weighted by Gasteiger charge is -2.38. The summed E-state index contributed by atoms with van der Waals surface area (Å²) in [5.41, 5.74) is 1.67. The highest BCUT2D eigenvalue weighted by Crippen LogP contribution is 2.26. The summed E-state index contributed by atoms with van der Waals surface area (Å²) in [6, 6.07) is 10.8. The number of piperazine rings is 1. The number of urea groups is 1. The molecule has 1 N–H and O–H groups in total. The Morgan fingerprint density at radius 2 is 1.86 bits per heavy atom. The Morgan fingerprint density at radius 3 is 2.48 bits per heavy atom. The molecule has 2 aromatic carbocycles. The summed E-state index contributed by atoms with van der Waals surface area (Å²) in [6.45, 7) is 3.51. The Hall–Kier alpha value is -2.64. The molecule has 1 fully saturated rings. The largest absolute Gasteiger partial charge is 0.468 e. The fourth-order valence-corrected chi connectivity index (χ4v) is 3.58. The highest BCUT2D eigenvalue weighted by atomic mass is 35.5. The van der Waals surface area contributed by atoms with Gasteiger partial charge in [0.1, 0.15) is 11.9 Å². The zero-order chi connectivity index (χ0) is 21.0. The number of carbonyl (C=O) groups excluding carboxylic acids is 2. The highest BCUT2D eigenvalue weighted by Gasteiger charge is 2.32. The number of benzene rings is 2. The predicted octanol–water partition coefficient (Wildman–Crippen LogP) is 3.85. The Bertz CT molecular complexity index is 900. The predicted molar refractivity (Wildman–Crippen MR) is 110 cm³/mol. The van der Waals surface area contributed by atoms with Crippen molar-refractivity contribution in [2.24, 2.45) is 0 Å². The number of methoxy groups -OCH3 is 1.